The molecule has 83 heavy (non-hydrogen) atoms. The van der Waals surface area contributed by atoms with Gasteiger partial charge in [0.25, 0.3) is 0 Å². The highest BCUT2D eigenvalue weighted by Gasteiger charge is 2.24. The van der Waals surface area contributed by atoms with Gasteiger partial charge in [-0.05, 0) is 11.0 Å². The summed E-state index contributed by atoms with van der Waals surface area (Å²) in [6, 6.07) is 64.5. The summed E-state index contributed by atoms with van der Waals surface area (Å²) in [4.78, 5) is 73.5. The van der Waals surface area contributed by atoms with E-state index >= 15 is 0 Å². The van der Waals surface area contributed by atoms with Gasteiger partial charge in [0.2, 0.25) is 0 Å². The Morgan fingerprint density at radius 1 is 0.169 bits per heavy atom. The molecule has 6 aromatic heterocycles. The topological polar surface area (TPSA) is 218 Å². The number of benzene rings is 8. The zero-order chi connectivity index (χ0) is 52.4. The Morgan fingerprint density at radius 2 is 0.289 bits per heavy atom. The van der Waals surface area contributed by atoms with E-state index in [1.807, 2.05) is 194 Å². The second kappa shape index (κ2) is 19.8. The lowest BCUT2D eigenvalue weighted by atomic mass is 10.1. The van der Waals surface area contributed by atoms with Crippen LogP contribution in [0.3, 0.4) is 0 Å². The summed E-state index contributed by atoms with van der Waals surface area (Å²) in [6.45, 7) is 0. The van der Waals surface area contributed by atoms with E-state index in [0.717, 1.165) is 87.6 Å². The number of hydrogen-bond acceptors (Lipinski definition) is 12. The molecule has 396 valence electrons. The van der Waals surface area contributed by atoms with Gasteiger partial charge < -0.3 is 19.9 Å². The third kappa shape index (κ3) is 8.12. The number of halogens is 2. The number of aromatic amines is 4. The summed E-state index contributed by atoms with van der Waals surface area (Å²) < 4.78 is 0. The second-order valence-corrected chi connectivity index (χ2v) is 19.6. The fourth-order valence-electron chi connectivity index (χ4n) is 11.2. The van der Waals surface area contributed by atoms with Gasteiger partial charge in [0.1, 0.15) is 45.2 Å². The van der Waals surface area contributed by atoms with Crippen molar-refractivity contribution in [3.05, 3.63) is 194 Å². The summed E-state index contributed by atoms with van der Waals surface area (Å²) in [7, 11) is 0. The van der Waals surface area contributed by atoms with Crippen molar-refractivity contribution >= 4 is 124 Å². The van der Waals surface area contributed by atoms with Gasteiger partial charge in [0, 0.05) is 87.6 Å². The van der Waals surface area contributed by atoms with Crippen molar-refractivity contribution in [2.24, 2.45) is 0 Å². The quantitative estimate of drug-likeness (QED) is 0.104. The van der Waals surface area contributed by atoms with Crippen molar-refractivity contribution < 1.29 is 0 Å². The fraction of sp³-hybridized carbons (Fsp3) is 0. The van der Waals surface area contributed by atoms with Crippen LogP contribution < -0.4 is 0 Å². The molecule has 4 aliphatic rings. The molecule has 18 rings (SSSR count). The predicted molar refractivity (Wildman–Crippen MR) is 338 cm³/mol. The molecule has 16 bridgehead atoms. The number of rotatable bonds is 0. The molecule has 14 aromatic rings. The summed E-state index contributed by atoms with van der Waals surface area (Å²) in [5.41, 5.74) is 12.9. The lowest BCUT2D eigenvalue weighted by Gasteiger charge is -1.96. The van der Waals surface area contributed by atoms with Gasteiger partial charge in [-0.25, -0.2) is 59.8 Å². The minimum absolute atomic E-state index is 0. The van der Waals surface area contributed by atoms with E-state index in [-0.39, 0.29) is 35.8 Å². The minimum atomic E-state index is 0. The molecule has 0 spiro atoms. The SMILES string of the molecule is Cl.Cl.[SiH4].c1ccc2c(c1)-c1nc-2nc2[nH]c(nc3nc(nc4[nH]c(n1)c1ccccc41)-c1ccccc1-3)c1ccccc21.c1ccc2c(c1)-c1nc-2nc2[nH]c(nc3nc(nc4[nH]c(n1)c1ccccc41)-c1ccccc1-3)c1ccccc21. The maximum Gasteiger partial charge on any atom is 0.164 e. The standard InChI is InChI=1S/2C32H18N8.2ClH.H4Si/c2*1-2-10-18-17(9-1)25-33-26(18)38-28-21-13-5-6-14-22(21)30(35-28)40-32-24-16-8-7-15-23(24)31(36-32)39-29-20-12-4-3-11-19(20)27(34-29)37-25;;;/h2*1-16H,(H2,33,34,35,36,37,38,39,40);2*1H;1H4. The van der Waals surface area contributed by atoms with E-state index in [2.05, 4.69) is 19.9 Å². The molecule has 0 unspecified atom stereocenters. The molecule has 0 fully saturated rings. The van der Waals surface area contributed by atoms with Gasteiger partial charge in [-0.2, -0.15) is 0 Å². The smallest absolute Gasteiger partial charge is 0.164 e. The highest BCUT2D eigenvalue weighted by molar-refractivity contribution is 6.08. The van der Waals surface area contributed by atoms with Gasteiger partial charge in [0.05, 0.1) is 0 Å². The lowest BCUT2D eigenvalue weighted by Crippen LogP contribution is -1.83. The Balaban J connectivity index is 0.000000143. The van der Waals surface area contributed by atoms with Crippen LogP contribution in [-0.4, -0.2) is 90.7 Å². The number of aromatic nitrogens is 16. The second-order valence-electron chi connectivity index (χ2n) is 19.6. The molecule has 10 heterocycles. The van der Waals surface area contributed by atoms with Crippen LogP contribution in [0.5, 0.6) is 0 Å². The summed E-state index contributed by atoms with van der Waals surface area (Å²) in [5, 5.41) is 7.64. The maximum absolute atomic E-state index is 5.02. The van der Waals surface area contributed by atoms with E-state index in [0.29, 0.717) is 91.8 Å². The van der Waals surface area contributed by atoms with Crippen LogP contribution in [0.2, 0.25) is 0 Å². The Hall–Kier alpha value is -10.7. The largest absolute Gasteiger partial charge is 0.324 e. The van der Waals surface area contributed by atoms with Crippen LogP contribution in [0.1, 0.15) is 0 Å². The highest BCUT2D eigenvalue weighted by Crippen LogP contribution is 2.39. The minimum Gasteiger partial charge on any atom is -0.324 e. The molecule has 16 nitrogen and oxygen atoms in total. The number of hydrogen-bond donors (Lipinski definition) is 4. The van der Waals surface area contributed by atoms with Crippen LogP contribution in [0.25, 0.3) is 179 Å². The molecule has 0 saturated carbocycles. The molecule has 4 aliphatic heterocycles. The maximum atomic E-state index is 5.02. The molecule has 4 N–H and O–H groups in total. The number of H-pyrrole nitrogens is 4. The monoisotopic (exact) mass is 1130 g/mol. The third-order valence-corrected chi connectivity index (χ3v) is 14.9. The molecule has 0 radical (unpaired) electrons. The van der Waals surface area contributed by atoms with Crippen LogP contribution in [0.4, 0.5) is 0 Å². The molecule has 0 amide bonds. The first-order valence-electron chi connectivity index (χ1n) is 26.0. The average molecular weight is 1130 g/mol. The van der Waals surface area contributed by atoms with Crippen LogP contribution in [0, 0.1) is 0 Å². The Morgan fingerprint density at radius 3 is 0.422 bits per heavy atom. The first-order valence-corrected chi connectivity index (χ1v) is 26.0. The van der Waals surface area contributed by atoms with E-state index in [4.69, 9.17) is 59.8 Å². The van der Waals surface area contributed by atoms with Crippen molar-refractivity contribution in [2.45, 2.75) is 0 Å². The number of nitrogens with one attached hydrogen (secondary N) is 4. The van der Waals surface area contributed by atoms with Crippen molar-refractivity contribution in [3.63, 3.8) is 0 Å². The first kappa shape index (κ1) is 50.5. The van der Waals surface area contributed by atoms with Gasteiger partial charge >= 0.3 is 0 Å². The summed E-state index contributed by atoms with van der Waals surface area (Å²) >= 11 is 0. The van der Waals surface area contributed by atoms with Gasteiger partial charge in [0.15, 0.2) is 46.6 Å². The number of nitrogens with zero attached hydrogens (tertiary/aromatic N) is 12. The Labute approximate surface area is 486 Å². The van der Waals surface area contributed by atoms with Crippen molar-refractivity contribution in [1.82, 2.24) is 79.7 Å². The van der Waals surface area contributed by atoms with Crippen molar-refractivity contribution in [3.8, 4) is 91.1 Å². The third-order valence-electron chi connectivity index (χ3n) is 14.9. The molecule has 19 heteroatoms. The molecular formula is C64H42Cl2N16Si. The molecular weight excluding hydrogens is 1090 g/mol. The summed E-state index contributed by atoms with van der Waals surface area (Å²) in [5.74, 6) is 4.78. The molecule has 0 saturated heterocycles. The van der Waals surface area contributed by atoms with Crippen LogP contribution >= 0.6 is 24.8 Å². The van der Waals surface area contributed by atoms with Crippen molar-refractivity contribution in [2.75, 3.05) is 0 Å². The van der Waals surface area contributed by atoms with E-state index in [1.165, 1.54) is 0 Å². The Bertz CT molecular complexity index is 4410. The first-order chi connectivity index (χ1) is 39.6. The normalized spacial score (nSPS) is 11.6. The molecule has 0 atom stereocenters. The fourth-order valence-corrected chi connectivity index (χ4v) is 11.2. The Kier molecular flexibility index (Phi) is 12.1. The van der Waals surface area contributed by atoms with E-state index < -0.39 is 0 Å². The van der Waals surface area contributed by atoms with E-state index in [1.54, 1.807) is 0 Å². The zero-order valence-corrected chi connectivity index (χ0v) is 44.3. The van der Waals surface area contributed by atoms with Gasteiger partial charge in [-0.15, -0.1) is 24.8 Å². The lowest BCUT2D eigenvalue weighted by molar-refractivity contribution is 1.19. The van der Waals surface area contributed by atoms with E-state index in [9.17, 15) is 0 Å². The van der Waals surface area contributed by atoms with Gasteiger partial charge in [-0.1, -0.05) is 194 Å². The average Bonchev–Trinajstić information content (AvgIpc) is 3.78. The van der Waals surface area contributed by atoms with Crippen LogP contribution in [-0.2, 0) is 0 Å². The van der Waals surface area contributed by atoms with Crippen molar-refractivity contribution in [1.29, 1.82) is 0 Å². The number of fused-ring (bicyclic) bond motifs is 40. The predicted octanol–water partition coefficient (Wildman–Crippen LogP) is 13.1. The molecule has 0 aliphatic carbocycles. The summed E-state index contributed by atoms with van der Waals surface area (Å²) in [6.07, 6.45) is 0. The zero-order valence-electron chi connectivity index (χ0n) is 42.7. The van der Waals surface area contributed by atoms with Crippen LogP contribution in [0.15, 0.2) is 194 Å². The van der Waals surface area contributed by atoms with Gasteiger partial charge in [-0.3, -0.25) is 0 Å². The highest BCUT2D eigenvalue weighted by atomic mass is 35.5. The molecule has 8 aromatic carbocycles.